The highest BCUT2D eigenvalue weighted by molar-refractivity contribution is 7.98. The summed E-state index contributed by atoms with van der Waals surface area (Å²) in [6, 6.07) is 11.3. The molecule has 0 aliphatic heterocycles. The maximum Gasteiger partial charge on any atom is 0.355 e. The predicted octanol–water partition coefficient (Wildman–Crippen LogP) is 2.55. The second-order valence-corrected chi connectivity index (χ2v) is 5.64. The molecule has 5 nitrogen and oxygen atoms in total. The van der Waals surface area contributed by atoms with E-state index in [0.29, 0.717) is 12.2 Å². The maximum absolute atomic E-state index is 12.0. The normalized spacial score (nSPS) is 10.3. The van der Waals surface area contributed by atoms with Gasteiger partial charge < -0.3 is 14.6 Å². The number of benzene rings is 1. The van der Waals surface area contributed by atoms with E-state index in [2.05, 4.69) is 4.98 Å². The second kappa shape index (κ2) is 7.70. The zero-order valence-electron chi connectivity index (χ0n) is 12.5. The van der Waals surface area contributed by atoms with Gasteiger partial charge in [0, 0.05) is 24.7 Å². The van der Waals surface area contributed by atoms with Crippen LogP contribution in [-0.2, 0) is 16.1 Å². The van der Waals surface area contributed by atoms with Crippen molar-refractivity contribution in [2.75, 3.05) is 19.9 Å². The number of thioether (sulfide) groups is 1. The predicted molar refractivity (Wildman–Crippen MR) is 85.8 cm³/mol. The quantitative estimate of drug-likeness (QED) is 0.657. The smallest absolute Gasteiger partial charge is 0.355 e. The van der Waals surface area contributed by atoms with Gasteiger partial charge in [-0.2, -0.15) is 0 Å². The number of nitrogens with one attached hydrogen (secondary N) is 1. The lowest BCUT2D eigenvalue weighted by molar-refractivity contribution is -0.133. The molecule has 1 heterocycles. The van der Waals surface area contributed by atoms with Crippen molar-refractivity contribution in [2.24, 2.45) is 0 Å². The summed E-state index contributed by atoms with van der Waals surface area (Å²) >= 11 is 1.67. The van der Waals surface area contributed by atoms with Crippen molar-refractivity contribution in [2.45, 2.75) is 11.4 Å². The summed E-state index contributed by atoms with van der Waals surface area (Å²) in [5, 5.41) is 0. The number of aromatic nitrogens is 1. The molecule has 22 heavy (non-hydrogen) atoms. The average molecular weight is 318 g/mol. The molecule has 1 aromatic carbocycles. The number of hydrogen-bond acceptors (Lipinski definition) is 4. The molecule has 1 amide bonds. The maximum atomic E-state index is 12.0. The number of rotatable bonds is 6. The van der Waals surface area contributed by atoms with E-state index in [1.54, 1.807) is 37.1 Å². The fourth-order valence-electron chi connectivity index (χ4n) is 1.87. The molecule has 0 radical (unpaired) electrons. The highest BCUT2D eigenvalue weighted by Gasteiger charge is 2.14. The van der Waals surface area contributed by atoms with Crippen LogP contribution in [-0.4, -0.2) is 41.7 Å². The van der Waals surface area contributed by atoms with E-state index in [0.717, 1.165) is 5.56 Å². The van der Waals surface area contributed by atoms with E-state index >= 15 is 0 Å². The largest absolute Gasteiger partial charge is 0.451 e. The van der Waals surface area contributed by atoms with Gasteiger partial charge in [0.15, 0.2) is 6.61 Å². The van der Waals surface area contributed by atoms with Crippen LogP contribution < -0.4 is 0 Å². The monoisotopic (exact) mass is 318 g/mol. The Morgan fingerprint density at radius 2 is 1.95 bits per heavy atom. The van der Waals surface area contributed by atoms with Crippen LogP contribution in [0.15, 0.2) is 47.5 Å². The van der Waals surface area contributed by atoms with Crippen LogP contribution in [0.1, 0.15) is 16.1 Å². The lowest BCUT2D eigenvalue weighted by Gasteiger charge is -2.17. The van der Waals surface area contributed by atoms with Crippen LogP contribution in [0.4, 0.5) is 0 Å². The van der Waals surface area contributed by atoms with E-state index in [1.807, 2.05) is 30.5 Å². The molecule has 116 valence electrons. The first-order valence-electron chi connectivity index (χ1n) is 6.77. The molecule has 0 fully saturated rings. The van der Waals surface area contributed by atoms with E-state index in [4.69, 9.17) is 4.74 Å². The van der Waals surface area contributed by atoms with Crippen molar-refractivity contribution in [3.05, 3.63) is 53.9 Å². The van der Waals surface area contributed by atoms with Crippen LogP contribution in [0.5, 0.6) is 0 Å². The summed E-state index contributed by atoms with van der Waals surface area (Å²) in [7, 11) is 1.69. The van der Waals surface area contributed by atoms with Gasteiger partial charge in [0.05, 0.1) is 0 Å². The van der Waals surface area contributed by atoms with Crippen molar-refractivity contribution in [3.63, 3.8) is 0 Å². The van der Waals surface area contributed by atoms with Gasteiger partial charge in [-0.25, -0.2) is 4.79 Å². The van der Waals surface area contributed by atoms with Crippen molar-refractivity contribution < 1.29 is 14.3 Å². The van der Waals surface area contributed by atoms with Crippen LogP contribution in [0.3, 0.4) is 0 Å². The summed E-state index contributed by atoms with van der Waals surface area (Å²) in [5.74, 6) is -0.773. The molecule has 2 aromatic rings. The molecule has 2 rings (SSSR count). The minimum Gasteiger partial charge on any atom is -0.451 e. The van der Waals surface area contributed by atoms with Crippen molar-refractivity contribution in [3.8, 4) is 0 Å². The molecule has 0 aliphatic carbocycles. The highest BCUT2D eigenvalue weighted by Crippen LogP contribution is 2.15. The zero-order chi connectivity index (χ0) is 15.9. The Bertz CT molecular complexity index is 623. The number of amides is 1. The van der Waals surface area contributed by atoms with Gasteiger partial charge in [0.1, 0.15) is 5.69 Å². The molecule has 0 saturated heterocycles. The fourth-order valence-corrected chi connectivity index (χ4v) is 2.27. The summed E-state index contributed by atoms with van der Waals surface area (Å²) in [5.41, 5.74) is 1.37. The van der Waals surface area contributed by atoms with Crippen molar-refractivity contribution >= 4 is 23.6 Å². The molecule has 1 aromatic heterocycles. The number of ether oxygens (including phenoxy) is 1. The number of hydrogen-bond donors (Lipinski definition) is 1. The molecule has 1 N–H and O–H groups in total. The number of esters is 1. The molecular formula is C16H18N2O3S. The number of carbonyl (C=O) groups excluding carboxylic acids is 2. The minimum absolute atomic E-state index is 0.242. The number of likely N-dealkylation sites (N-methyl/N-ethyl adjacent to an activating group) is 1. The van der Waals surface area contributed by atoms with Crippen molar-refractivity contribution in [1.29, 1.82) is 0 Å². The zero-order valence-corrected chi connectivity index (χ0v) is 13.4. The van der Waals surface area contributed by atoms with Crippen LogP contribution in [0.2, 0.25) is 0 Å². The first kappa shape index (κ1) is 16.2. The SMILES string of the molecule is CSc1ccc(CN(C)C(=O)COC(=O)c2ccc[nH]2)cc1. The Hall–Kier alpha value is -2.21. The van der Waals surface area contributed by atoms with Gasteiger partial charge in [0.25, 0.3) is 5.91 Å². The Kier molecular flexibility index (Phi) is 5.66. The van der Waals surface area contributed by atoms with Crippen LogP contribution >= 0.6 is 11.8 Å². The van der Waals surface area contributed by atoms with E-state index in [-0.39, 0.29) is 12.5 Å². The molecule has 0 bridgehead atoms. The Labute approximate surface area is 133 Å². The first-order valence-corrected chi connectivity index (χ1v) is 8.00. The lowest BCUT2D eigenvalue weighted by atomic mass is 10.2. The average Bonchev–Trinajstić information content (AvgIpc) is 3.07. The highest BCUT2D eigenvalue weighted by atomic mass is 32.2. The molecule has 0 unspecified atom stereocenters. The third-order valence-electron chi connectivity index (χ3n) is 3.15. The minimum atomic E-state index is -0.531. The topological polar surface area (TPSA) is 62.4 Å². The van der Waals surface area contributed by atoms with Gasteiger partial charge in [-0.1, -0.05) is 12.1 Å². The van der Waals surface area contributed by atoms with Gasteiger partial charge in [-0.05, 0) is 36.1 Å². The number of nitrogens with zero attached hydrogens (tertiary/aromatic N) is 1. The standard InChI is InChI=1S/C16H18N2O3S/c1-18(10-12-5-7-13(22-2)8-6-12)15(19)11-21-16(20)14-4-3-9-17-14/h3-9,17H,10-11H2,1-2H3. The molecule has 0 atom stereocenters. The number of carbonyl (C=O) groups is 2. The Morgan fingerprint density at radius 1 is 1.23 bits per heavy atom. The Morgan fingerprint density at radius 3 is 2.55 bits per heavy atom. The van der Waals surface area contributed by atoms with Gasteiger partial charge in [-0.15, -0.1) is 11.8 Å². The summed E-state index contributed by atoms with van der Waals surface area (Å²) in [6.45, 7) is 0.213. The molecular weight excluding hydrogens is 300 g/mol. The summed E-state index contributed by atoms with van der Waals surface area (Å²) in [4.78, 5) is 29.1. The van der Waals surface area contributed by atoms with Crippen LogP contribution in [0.25, 0.3) is 0 Å². The Balaban J connectivity index is 1.82. The molecule has 0 saturated carbocycles. The van der Waals surface area contributed by atoms with E-state index < -0.39 is 5.97 Å². The third kappa shape index (κ3) is 4.39. The van der Waals surface area contributed by atoms with Gasteiger partial charge >= 0.3 is 5.97 Å². The fraction of sp³-hybridized carbons (Fsp3) is 0.250. The van der Waals surface area contributed by atoms with Gasteiger partial charge in [-0.3, -0.25) is 4.79 Å². The van der Waals surface area contributed by atoms with Crippen LogP contribution in [0, 0.1) is 0 Å². The van der Waals surface area contributed by atoms with Gasteiger partial charge in [0.2, 0.25) is 0 Å². The molecule has 0 aliphatic rings. The van der Waals surface area contributed by atoms with E-state index in [9.17, 15) is 9.59 Å². The van der Waals surface area contributed by atoms with E-state index in [1.165, 1.54) is 9.80 Å². The first-order chi connectivity index (χ1) is 10.6. The van der Waals surface area contributed by atoms with Crippen molar-refractivity contribution in [1.82, 2.24) is 9.88 Å². The summed E-state index contributed by atoms with van der Waals surface area (Å²) < 4.78 is 4.98. The number of aromatic amines is 1. The molecule has 0 spiro atoms. The second-order valence-electron chi connectivity index (χ2n) is 4.76. The lowest BCUT2D eigenvalue weighted by Crippen LogP contribution is -2.30. The number of H-pyrrole nitrogens is 1. The summed E-state index contributed by atoms with van der Waals surface area (Å²) in [6.07, 6.45) is 3.64. The molecule has 6 heteroatoms. The third-order valence-corrected chi connectivity index (χ3v) is 3.89.